The van der Waals surface area contributed by atoms with Crippen molar-refractivity contribution in [1.82, 2.24) is 0 Å². The van der Waals surface area contributed by atoms with Crippen LogP contribution in [0.15, 0.2) is 42.5 Å². The van der Waals surface area contributed by atoms with Crippen LogP contribution in [0, 0.1) is 13.8 Å². The van der Waals surface area contributed by atoms with Crippen molar-refractivity contribution < 1.29 is 4.74 Å². The number of hydrogen-bond acceptors (Lipinski definition) is 2. The Labute approximate surface area is 127 Å². The summed E-state index contributed by atoms with van der Waals surface area (Å²) < 4.78 is 5.68. The van der Waals surface area contributed by atoms with E-state index < -0.39 is 0 Å². The van der Waals surface area contributed by atoms with Crippen molar-refractivity contribution in [3.05, 3.63) is 64.7 Å². The first-order chi connectivity index (χ1) is 10.1. The molecule has 0 heterocycles. The molecule has 2 rings (SSSR count). The van der Waals surface area contributed by atoms with E-state index in [9.17, 15) is 0 Å². The van der Waals surface area contributed by atoms with Crippen molar-refractivity contribution in [2.24, 2.45) is 5.73 Å². The lowest BCUT2D eigenvalue weighted by Crippen LogP contribution is -2.14. The van der Waals surface area contributed by atoms with Crippen molar-refractivity contribution in [3.8, 4) is 5.75 Å². The van der Waals surface area contributed by atoms with Crippen molar-refractivity contribution in [3.63, 3.8) is 0 Å². The Balaban J connectivity index is 2.12. The Kier molecular flexibility index (Phi) is 5.40. The molecule has 0 radical (unpaired) electrons. The van der Waals surface area contributed by atoms with E-state index in [1.165, 1.54) is 16.7 Å². The molecule has 2 N–H and O–H groups in total. The SMILES string of the molecule is CCCOc1cccc(C(N)Cc2cc(C)ccc2C)c1. The molecule has 1 atom stereocenters. The molecule has 0 aliphatic heterocycles. The van der Waals surface area contributed by atoms with Gasteiger partial charge in [-0.25, -0.2) is 0 Å². The Morgan fingerprint density at radius 1 is 1.10 bits per heavy atom. The zero-order chi connectivity index (χ0) is 15.2. The fraction of sp³-hybridized carbons (Fsp3) is 0.368. The van der Waals surface area contributed by atoms with Gasteiger partial charge in [-0.1, -0.05) is 42.8 Å². The number of benzene rings is 2. The largest absolute Gasteiger partial charge is 0.494 e. The fourth-order valence-electron chi connectivity index (χ4n) is 2.43. The Hall–Kier alpha value is -1.80. The summed E-state index contributed by atoms with van der Waals surface area (Å²) in [5.74, 6) is 0.908. The van der Waals surface area contributed by atoms with Crippen LogP contribution in [0.25, 0.3) is 0 Å². The van der Waals surface area contributed by atoms with Crippen LogP contribution >= 0.6 is 0 Å². The average Bonchev–Trinajstić information content (AvgIpc) is 2.49. The highest BCUT2D eigenvalue weighted by Crippen LogP contribution is 2.23. The lowest BCUT2D eigenvalue weighted by Gasteiger charge is -2.16. The minimum absolute atomic E-state index is 0.00400. The lowest BCUT2D eigenvalue weighted by atomic mass is 9.95. The van der Waals surface area contributed by atoms with Gasteiger partial charge in [0.15, 0.2) is 0 Å². The molecule has 2 heteroatoms. The first-order valence-corrected chi connectivity index (χ1v) is 7.64. The van der Waals surface area contributed by atoms with Crippen LogP contribution in [0.1, 0.15) is 41.6 Å². The van der Waals surface area contributed by atoms with Crippen LogP contribution < -0.4 is 10.5 Å². The molecule has 112 valence electrons. The molecule has 1 unspecified atom stereocenters. The van der Waals surface area contributed by atoms with Crippen LogP contribution in [0.4, 0.5) is 0 Å². The molecule has 0 fully saturated rings. The maximum atomic E-state index is 6.39. The summed E-state index contributed by atoms with van der Waals surface area (Å²) in [4.78, 5) is 0. The second-order valence-corrected chi connectivity index (χ2v) is 5.66. The summed E-state index contributed by atoms with van der Waals surface area (Å²) in [5, 5.41) is 0. The van der Waals surface area contributed by atoms with Gasteiger partial charge in [-0.3, -0.25) is 0 Å². The Morgan fingerprint density at radius 2 is 1.90 bits per heavy atom. The van der Waals surface area contributed by atoms with Crippen molar-refractivity contribution in [2.45, 2.75) is 39.7 Å². The topological polar surface area (TPSA) is 35.2 Å². The normalized spacial score (nSPS) is 12.2. The highest BCUT2D eigenvalue weighted by atomic mass is 16.5. The molecule has 2 aromatic carbocycles. The first kappa shape index (κ1) is 15.6. The minimum Gasteiger partial charge on any atom is -0.494 e. The van der Waals surface area contributed by atoms with E-state index in [1.807, 2.05) is 12.1 Å². The van der Waals surface area contributed by atoms with Crippen molar-refractivity contribution >= 4 is 0 Å². The minimum atomic E-state index is -0.00400. The van der Waals surface area contributed by atoms with E-state index in [-0.39, 0.29) is 6.04 Å². The number of nitrogens with two attached hydrogens (primary N) is 1. The van der Waals surface area contributed by atoms with Crippen LogP contribution in [-0.2, 0) is 6.42 Å². The van der Waals surface area contributed by atoms with Gasteiger partial charge in [0.1, 0.15) is 5.75 Å². The molecule has 2 nitrogen and oxygen atoms in total. The first-order valence-electron chi connectivity index (χ1n) is 7.64. The van der Waals surface area contributed by atoms with E-state index >= 15 is 0 Å². The monoisotopic (exact) mass is 283 g/mol. The van der Waals surface area contributed by atoms with Crippen molar-refractivity contribution in [2.75, 3.05) is 6.61 Å². The van der Waals surface area contributed by atoms with Gasteiger partial charge in [0.2, 0.25) is 0 Å². The quantitative estimate of drug-likeness (QED) is 0.856. The zero-order valence-corrected chi connectivity index (χ0v) is 13.2. The van der Waals surface area contributed by atoms with Gasteiger partial charge in [0, 0.05) is 6.04 Å². The van der Waals surface area contributed by atoms with Gasteiger partial charge in [-0.15, -0.1) is 0 Å². The predicted molar refractivity (Wildman–Crippen MR) is 88.8 cm³/mol. The summed E-state index contributed by atoms with van der Waals surface area (Å²) in [6, 6.07) is 14.7. The summed E-state index contributed by atoms with van der Waals surface area (Å²) in [7, 11) is 0. The average molecular weight is 283 g/mol. The van der Waals surface area contributed by atoms with E-state index in [4.69, 9.17) is 10.5 Å². The molecule has 0 aliphatic carbocycles. The smallest absolute Gasteiger partial charge is 0.119 e. The molecule has 2 aromatic rings. The summed E-state index contributed by atoms with van der Waals surface area (Å²) >= 11 is 0. The van der Waals surface area contributed by atoms with Gasteiger partial charge in [-0.2, -0.15) is 0 Å². The second-order valence-electron chi connectivity index (χ2n) is 5.66. The highest BCUT2D eigenvalue weighted by molar-refractivity contribution is 5.35. The number of hydrogen-bond donors (Lipinski definition) is 1. The molecule has 0 amide bonds. The van der Waals surface area contributed by atoms with Gasteiger partial charge < -0.3 is 10.5 Å². The van der Waals surface area contributed by atoms with Gasteiger partial charge in [0.05, 0.1) is 6.61 Å². The molecule has 0 bridgehead atoms. The third-order valence-electron chi connectivity index (χ3n) is 3.70. The maximum Gasteiger partial charge on any atom is 0.119 e. The third kappa shape index (κ3) is 4.33. The lowest BCUT2D eigenvalue weighted by molar-refractivity contribution is 0.317. The van der Waals surface area contributed by atoms with E-state index in [2.05, 4.69) is 51.1 Å². The van der Waals surface area contributed by atoms with Gasteiger partial charge >= 0.3 is 0 Å². The third-order valence-corrected chi connectivity index (χ3v) is 3.70. The molecule has 21 heavy (non-hydrogen) atoms. The maximum absolute atomic E-state index is 6.39. The van der Waals surface area contributed by atoms with Crippen LogP contribution in [-0.4, -0.2) is 6.61 Å². The Morgan fingerprint density at radius 3 is 2.67 bits per heavy atom. The summed E-state index contributed by atoms with van der Waals surface area (Å²) in [5.41, 5.74) is 11.4. The summed E-state index contributed by atoms with van der Waals surface area (Å²) in [6.07, 6.45) is 1.86. The van der Waals surface area contributed by atoms with E-state index in [0.717, 1.165) is 30.8 Å². The predicted octanol–water partition coefficient (Wildman–Crippen LogP) is 4.33. The van der Waals surface area contributed by atoms with Crippen LogP contribution in [0.3, 0.4) is 0 Å². The van der Waals surface area contributed by atoms with Crippen LogP contribution in [0.2, 0.25) is 0 Å². The molecule has 0 saturated heterocycles. The van der Waals surface area contributed by atoms with Gasteiger partial charge in [0.25, 0.3) is 0 Å². The van der Waals surface area contributed by atoms with Crippen molar-refractivity contribution in [1.29, 1.82) is 0 Å². The van der Waals surface area contributed by atoms with Gasteiger partial charge in [-0.05, 0) is 55.5 Å². The molecular weight excluding hydrogens is 258 g/mol. The number of rotatable bonds is 6. The molecule has 0 aromatic heterocycles. The standard InChI is InChI=1S/C19H25NO/c1-4-10-21-18-7-5-6-16(12-18)19(20)13-17-11-14(2)8-9-15(17)3/h5-9,11-12,19H,4,10,13,20H2,1-3H3. The molecule has 0 aliphatic rings. The molecular formula is C19H25NO. The van der Waals surface area contributed by atoms with Crippen LogP contribution in [0.5, 0.6) is 5.75 Å². The molecule has 0 spiro atoms. The van der Waals surface area contributed by atoms with E-state index in [0.29, 0.717) is 0 Å². The zero-order valence-electron chi connectivity index (χ0n) is 13.2. The van der Waals surface area contributed by atoms with E-state index in [1.54, 1.807) is 0 Å². The second kappa shape index (κ2) is 7.28. The number of aryl methyl sites for hydroxylation is 2. The Bertz CT molecular complexity index is 592. The fourth-order valence-corrected chi connectivity index (χ4v) is 2.43. The summed E-state index contributed by atoms with van der Waals surface area (Å²) in [6.45, 7) is 7.11. The number of ether oxygens (including phenoxy) is 1. The molecule has 0 saturated carbocycles. The highest BCUT2D eigenvalue weighted by Gasteiger charge is 2.10.